The number of rotatable bonds is 6. The highest BCUT2D eigenvalue weighted by atomic mass is 16.6. The van der Waals surface area contributed by atoms with Crippen LogP contribution in [0.15, 0.2) is 24.3 Å². The van der Waals surface area contributed by atoms with E-state index in [2.05, 4.69) is 0 Å². The van der Waals surface area contributed by atoms with Crippen LogP contribution >= 0.6 is 0 Å². The molecule has 0 aliphatic carbocycles. The molecule has 4 heteroatoms. The van der Waals surface area contributed by atoms with E-state index >= 15 is 0 Å². The van der Waals surface area contributed by atoms with Gasteiger partial charge in [-0.25, -0.2) is 0 Å². The smallest absolute Gasteiger partial charge is 0.322 e. The monoisotopic (exact) mass is 306 g/mol. The van der Waals surface area contributed by atoms with E-state index in [1.807, 2.05) is 31.2 Å². The molecule has 1 aromatic rings. The average molecular weight is 306 g/mol. The Hall–Kier alpha value is -1.68. The van der Waals surface area contributed by atoms with Gasteiger partial charge in [0, 0.05) is 0 Å². The largest absolute Gasteiger partial charge is 0.459 e. The minimum absolute atomic E-state index is 0.00508. The molecule has 1 aromatic carbocycles. The van der Waals surface area contributed by atoms with Gasteiger partial charge in [-0.3, -0.25) is 9.59 Å². The number of hydrogen-bond acceptors (Lipinski definition) is 4. The number of esters is 1. The highest BCUT2D eigenvalue weighted by Crippen LogP contribution is 2.24. The minimum atomic E-state index is -1.28. The van der Waals surface area contributed by atoms with Crippen LogP contribution in [0.25, 0.3) is 0 Å². The second kappa shape index (κ2) is 7.05. The van der Waals surface area contributed by atoms with E-state index in [1.165, 1.54) is 12.5 Å². The Morgan fingerprint density at radius 2 is 1.59 bits per heavy atom. The highest BCUT2D eigenvalue weighted by molar-refractivity contribution is 6.02. The molecule has 0 radical (unpaired) electrons. The number of Topliss-reactive ketones (excluding diaryl/α,β-unsaturated/α-hetero) is 1. The molecule has 0 fully saturated rings. The number of aryl methyl sites for hydroxylation is 1. The molecule has 0 saturated carbocycles. The van der Waals surface area contributed by atoms with E-state index in [0.717, 1.165) is 5.56 Å². The van der Waals surface area contributed by atoms with Gasteiger partial charge in [0.05, 0.1) is 13.2 Å². The summed E-state index contributed by atoms with van der Waals surface area (Å²) in [4.78, 5) is 24.2. The predicted molar refractivity (Wildman–Crippen MR) is 85.5 cm³/mol. The van der Waals surface area contributed by atoms with Crippen molar-refractivity contribution in [2.24, 2.45) is 5.41 Å². The Morgan fingerprint density at radius 1 is 1.05 bits per heavy atom. The molecular formula is C18H26O4. The first-order valence-electron chi connectivity index (χ1n) is 7.42. The van der Waals surface area contributed by atoms with Gasteiger partial charge in [-0.15, -0.1) is 0 Å². The summed E-state index contributed by atoms with van der Waals surface area (Å²) >= 11 is 0. The lowest BCUT2D eigenvalue weighted by atomic mass is 9.87. The van der Waals surface area contributed by atoms with Crippen molar-refractivity contribution in [2.45, 2.75) is 53.8 Å². The van der Waals surface area contributed by atoms with E-state index in [4.69, 9.17) is 9.47 Å². The van der Waals surface area contributed by atoms with Gasteiger partial charge in [0.2, 0.25) is 0 Å². The van der Waals surface area contributed by atoms with Crippen LogP contribution in [0, 0.1) is 12.3 Å². The zero-order chi connectivity index (χ0) is 17.0. The summed E-state index contributed by atoms with van der Waals surface area (Å²) < 4.78 is 10.9. The molecule has 0 saturated heterocycles. The first-order chi connectivity index (χ1) is 10.0. The van der Waals surface area contributed by atoms with E-state index in [1.54, 1.807) is 27.7 Å². The van der Waals surface area contributed by atoms with Crippen LogP contribution in [0.4, 0.5) is 0 Å². The molecule has 0 heterocycles. The minimum Gasteiger partial charge on any atom is -0.459 e. The van der Waals surface area contributed by atoms with Crippen LogP contribution in [0.3, 0.4) is 0 Å². The van der Waals surface area contributed by atoms with Gasteiger partial charge in [-0.1, -0.05) is 29.8 Å². The molecule has 0 amide bonds. The topological polar surface area (TPSA) is 52.6 Å². The molecule has 1 atom stereocenters. The maximum atomic E-state index is 12.3. The molecule has 22 heavy (non-hydrogen) atoms. The maximum absolute atomic E-state index is 12.3. The Bertz CT molecular complexity index is 525. The van der Waals surface area contributed by atoms with Gasteiger partial charge in [0.25, 0.3) is 0 Å². The number of ether oxygens (including phenoxy) is 2. The summed E-state index contributed by atoms with van der Waals surface area (Å²) in [6, 6.07) is 7.93. The van der Waals surface area contributed by atoms with Crippen molar-refractivity contribution < 1.29 is 19.1 Å². The van der Waals surface area contributed by atoms with Crippen LogP contribution in [0.5, 0.6) is 0 Å². The number of carbonyl (C=O) groups excluding carboxylic acids is 2. The lowest BCUT2D eigenvalue weighted by Gasteiger charge is -2.29. The van der Waals surface area contributed by atoms with Crippen LogP contribution in [0.1, 0.15) is 45.7 Å². The Kier molecular flexibility index (Phi) is 5.89. The lowest BCUT2D eigenvalue weighted by Crippen LogP contribution is -2.43. The Balaban J connectivity index is 2.69. The van der Waals surface area contributed by atoms with Gasteiger partial charge in [0.1, 0.15) is 16.8 Å². The number of benzene rings is 1. The molecule has 0 bridgehead atoms. The summed E-state index contributed by atoms with van der Waals surface area (Å²) in [5.74, 6) is -0.804. The fourth-order valence-electron chi connectivity index (χ4n) is 1.75. The number of ketones is 1. The predicted octanol–water partition coefficient (Wildman–Crippen LogP) is 3.45. The van der Waals surface area contributed by atoms with Crippen molar-refractivity contribution in [1.82, 2.24) is 0 Å². The van der Waals surface area contributed by atoms with Gasteiger partial charge in [-0.05, 0) is 47.1 Å². The fourth-order valence-corrected chi connectivity index (χ4v) is 1.75. The molecule has 0 aliphatic heterocycles. The number of hydrogen-bond donors (Lipinski definition) is 0. The first-order valence-corrected chi connectivity index (χ1v) is 7.42. The third kappa shape index (κ3) is 5.26. The van der Waals surface area contributed by atoms with Crippen LogP contribution in [-0.4, -0.2) is 24.0 Å². The molecule has 1 rings (SSSR count). The van der Waals surface area contributed by atoms with Gasteiger partial charge in [-0.2, -0.15) is 0 Å². The van der Waals surface area contributed by atoms with Crippen molar-refractivity contribution in [2.75, 3.05) is 6.61 Å². The molecule has 4 nitrogen and oxygen atoms in total. The zero-order valence-electron chi connectivity index (χ0n) is 14.4. The van der Waals surface area contributed by atoms with Crippen molar-refractivity contribution in [3.63, 3.8) is 0 Å². The summed E-state index contributed by atoms with van der Waals surface area (Å²) in [5.41, 5.74) is 0.259. The lowest BCUT2D eigenvalue weighted by molar-refractivity contribution is -0.173. The second-order valence-electron chi connectivity index (χ2n) is 6.87. The zero-order valence-corrected chi connectivity index (χ0v) is 14.4. The Morgan fingerprint density at radius 3 is 2.05 bits per heavy atom. The first kappa shape index (κ1) is 18.4. The van der Waals surface area contributed by atoms with Gasteiger partial charge in [0.15, 0.2) is 0 Å². The Labute approximate surface area is 132 Å². The summed E-state index contributed by atoms with van der Waals surface area (Å²) in [6.07, 6.45) is 0. The molecule has 0 aliphatic rings. The summed E-state index contributed by atoms with van der Waals surface area (Å²) in [7, 11) is 0. The number of carbonyl (C=O) groups is 2. The highest BCUT2D eigenvalue weighted by Gasteiger charge is 2.42. The average Bonchev–Trinajstić information content (AvgIpc) is 2.38. The van der Waals surface area contributed by atoms with E-state index < -0.39 is 17.0 Å². The quantitative estimate of drug-likeness (QED) is 0.596. The molecule has 1 unspecified atom stereocenters. The van der Waals surface area contributed by atoms with Crippen LogP contribution in [-0.2, 0) is 25.7 Å². The van der Waals surface area contributed by atoms with Gasteiger partial charge < -0.3 is 9.47 Å². The second-order valence-corrected chi connectivity index (χ2v) is 6.87. The van der Waals surface area contributed by atoms with E-state index in [9.17, 15) is 9.59 Å². The van der Waals surface area contributed by atoms with Crippen molar-refractivity contribution in [3.05, 3.63) is 35.4 Å². The summed E-state index contributed by atoms with van der Waals surface area (Å²) in [6.45, 7) is 10.7. The summed E-state index contributed by atoms with van der Waals surface area (Å²) in [5, 5.41) is 0. The molecule has 122 valence electrons. The maximum Gasteiger partial charge on any atom is 0.322 e. The van der Waals surface area contributed by atoms with Gasteiger partial charge >= 0.3 is 5.97 Å². The van der Waals surface area contributed by atoms with E-state index in [-0.39, 0.29) is 12.4 Å². The van der Waals surface area contributed by atoms with Crippen molar-refractivity contribution in [1.29, 1.82) is 0 Å². The third-order valence-corrected chi connectivity index (χ3v) is 3.41. The normalized spacial score (nSPS) is 14.3. The molecule has 0 N–H and O–H groups in total. The van der Waals surface area contributed by atoms with E-state index in [0.29, 0.717) is 6.61 Å². The molecule has 0 spiro atoms. The van der Waals surface area contributed by atoms with Crippen LogP contribution < -0.4 is 0 Å². The molecular weight excluding hydrogens is 280 g/mol. The van der Waals surface area contributed by atoms with Crippen molar-refractivity contribution in [3.8, 4) is 0 Å². The van der Waals surface area contributed by atoms with Crippen LogP contribution in [0.2, 0.25) is 0 Å². The third-order valence-electron chi connectivity index (χ3n) is 3.41. The standard InChI is InChI=1S/C18H26O4/c1-13-7-9-15(10-8-13)11-21-12-18(6,14(2)19)16(20)22-17(3,4)5/h7-10H,11-12H2,1-6H3. The molecule has 0 aromatic heterocycles. The SMILES string of the molecule is CC(=O)C(C)(COCc1ccc(C)cc1)C(=O)OC(C)(C)C. The fraction of sp³-hybridized carbons (Fsp3) is 0.556. The van der Waals surface area contributed by atoms with Crippen molar-refractivity contribution >= 4 is 11.8 Å².